The van der Waals surface area contributed by atoms with Crippen LogP contribution in [0.15, 0.2) is 30.3 Å². The molecule has 0 heterocycles. The summed E-state index contributed by atoms with van der Waals surface area (Å²) < 4.78 is 0. The van der Waals surface area contributed by atoms with E-state index in [0.717, 1.165) is 12.8 Å². The molecule has 2 saturated carbocycles. The summed E-state index contributed by atoms with van der Waals surface area (Å²) in [5, 5.41) is 0. The van der Waals surface area contributed by atoms with Crippen LogP contribution in [0.5, 0.6) is 0 Å². The Bertz CT molecular complexity index is 382. The lowest BCUT2D eigenvalue weighted by Gasteiger charge is -2.51. The first kappa shape index (κ1) is 9.14. The van der Waals surface area contributed by atoms with E-state index < -0.39 is 0 Å². The Morgan fingerprint density at radius 1 is 1.13 bits per heavy atom. The molecule has 1 aromatic rings. The molecule has 0 spiro atoms. The average molecular weight is 200 g/mol. The highest BCUT2D eigenvalue weighted by Crippen LogP contribution is 2.54. The van der Waals surface area contributed by atoms with Crippen LogP contribution in [-0.2, 0) is 10.2 Å². The predicted molar refractivity (Wildman–Crippen MR) is 59.7 cm³/mol. The second-order valence-corrected chi connectivity index (χ2v) is 4.96. The van der Waals surface area contributed by atoms with Crippen molar-refractivity contribution in [3.05, 3.63) is 35.9 Å². The number of benzene rings is 1. The van der Waals surface area contributed by atoms with Gasteiger partial charge in [-0.15, -0.1) is 0 Å². The highest BCUT2D eigenvalue weighted by Gasteiger charge is 2.54. The Morgan fingerprint density at radius 2 is 1.93 bits per heavy atom. The Hall–Kier alpha value is -1.11. The number of hydrogen-bond acceptors (Lipinski definition) is 1. The van der Waals surface area contributed by atoms with Gasteiger partial charge in [-0.3, -0.25) is 4.79 Å². The largest absolute Gasteiger partial charge is 0.299 e. The topological polar surface area (TPSA) is 17.1 Å². The first-order valence-corrected chi connectivity index (χ1v) is 5.91. The number of carbonyl (C=O) groups excluding carboxylic acids is 1. The highest BCUT2D eigenvalue weighted by atomic mass is 16.1. The summed E-state index contributed by atoms with van der Waals surface area (Å²) in [5.41, 5.74) is 1.63. The van der Waals surface area contributed by atoms with E-state index in [9.17, 15) is 4.79 Å². The number of hydrogen-bond donors (Lipinski definition) is 0. The smallest absolute Gasteiger partial charge is 0.137 e. The fourth-order valence-corrected chi connectivity index (χ4v) is 3.44. The predicted octanol–water partition coefficient (Wildman–Crippen LogP) is 3.09. The molecule has 2 atom stereocenters. The van der Waals surface area contributed by atoms with Gasteiger partial charge in [0.15, 0.2) is 0 Å². The van der Waals surface area contributed by atoms with Crippen LogP contribution in [0.25, 0.3) is 0 Å². The van der Waals surface area contributed by atoms with E-state index in [1.54, 1.807) is 0 Å². The molecule has 1 heteroatoms. The van der Waals surface area contributed by atoms with Crippen molar-refractivity contribution >= 4 is 5.78 Å². The SMILES string of the molecule is O=C1C[C@@]2(c3ccccc3)CCCC[C@@H]12. The third-order valence-corrected chi connectivity index (χ3v) is 4.26. The normalized spacial score (nSPS) is 34.4. The highest BCUT2D eigenvalue weighted by molar-refractivity contribution is 5.91. The zero-order chi connectivity index (χ0) is 10.3. The molecule has 0 aliphatic heterocycles. The molecule has 1 nitrogen and oxygen atoms in total. The second kappa shape index (κ2) is 3.19. The lowest BCUT2D eigenvalue weighted by atomic mass is 9.50. The standard InChI is InChI=1S/C14H16O/c15-13-10-14(9-5-4-8-12(13)14)11-6-2-1-3-7-11/h1-3,6-7,12H,4-5,8-10H2/t12-,14+/m0/s1. The second-order valence-electron chi connectivity index (χ2n) is 4.96. The van der Waals surface area contributed by atoms with E-state index in [4.69, 9.17) is 0 Å². The third-order valence-electron chi connectivity index (χ3n) is 4.26. The quantitative estimate of drug-likeness (QED) is 0.680. The van der Waals surface area contributed by atoms with Crippen LogP contribution in [0, 0.1) is 5.92 Å². The van der Waals surface area contributed by atoms with Crippen molar-refractivity contribution in [2.45, 2.75) is 37.5 Å². The Kier molecular flexibility index (Phi) is 1.95. The van der Waals surface area contributed by atoms with Crippen molar-refractivity contribution in [3.8, 4) is 0 Å². The van der Waals surface area contributed by atoms with Crippen LogP contribution in [0.4, 0.5) is 0 Å². The average Bonchev–Trinajstić information content (AvgIpc) is 2.28. The van der Waals surface area contributed by atoms with Gasteiger partial charge in [0.05, 0.1) is 0 Å². The monoisotopic (exact) mass is 200 g/mol. The van der Waals surface area contributed by atoms with Gasteiger partial charge in [0.25, 0.3) is 0 Å². The Morgan fingerprint density at radius 3 is 2.67 bits per heavy atom. The van der Waals surface area contributed by atoms with E-state index in [0.29, 0.717) is 11.7 Å². The van der Waals surface area contributed by atoms with Gasteiger partial charge in [-0.1, -0.05) is 43.2 Å². The summed E-state index contributed by atoms with van der Waals surface area (Å²) in [6.07, 6.45) is 5.66. The number of fused-ring (bicyclic) bond motifs is 1. The zero-order valence-corrected chi connectivity index (χ0v) is 8.91. The van der Waals surface area contributed by atoms with Crippen molar-refractivity contribution in [1.29, 1.82) is 0 Å². The molecule has 0 amide bonds. The van der Waals surface area contributed by atoms with Gasteiger partial charge in [0, 0.05) is 17.8 Å². The molecular formula is C14H16O. The maximum atomic E-state index is 11.6. The van der Waals surface area contributed by atoms with Crippen LogP contribution < -0.4 is 0 Å². The molecule has 0 bridgehead atoms. The van der Waals surface area contributed by atoms with Gasteiger partial charge in [-0.05, 0) is 18.4 Å². The first-order valence-electron chi connectivity index (χ1n) is 5.91. The van der Waals surface area contributed by atoms with E-state index >= 15 is 0 Å². The van der Waals surface area contributed by atoms with Gasteiger partial charge in [0.2, 0.25) is 0 Å². The molecule has 0 saturated heterocycles. The van der Waals surface area contributed by atoms with Gasteiger partial charge in [-0.2, -0.15) is 0 Å². The molecule has 2 aliphatic carbocycles. The number of carbonyl (C=O) groups is 1. The van der Waals surface area contributed by atoms with Crippen molar-refractivity contribution in [2.24, 2.45) is 5.92 Å². The summed E-state index contributed by atoms with van der Waals surface area (Å²) in [6, 6.07) is 10.6. The number of rotatable bonds is 1. The molecule has 0 radical (unpaired) electrons. The Balaban J connectivity index is 1.99. The minimum absolute atomic E-state index is 0.233. The minimum atomic E-state index is 0.233. The number of Topliss-reactive ketones (excluding diaryl/α,β-unsaturated/α-hetero) is 1. The Labute approximate surface area is 90.5 Å². The summed E-state index contributed by atoms with van der Waals surface area (Å²) in [7, 11) is 0. The maximum Gasteiger partial charge on any atom is 0.137 e. The minimum Gasteiger partial charge on any atom is -0.299 e. The molecule has 0 aromatic heterocycles. The molecule has 1 aromatic carbocycles. The molecule has 3 rings (SSSR count). The van der Waals surface area contributed by atoms with Crippen LogP contribution in [-0.4, -0.2) is 5.78 Å². The fourth-order valence-electron chi connectivity index (χ4n) is 3.44. The van der Waals surface area contributed by atoms with Crippen molar-refractivity contribution in [2.75, 3.05) is 0 Å². The van der Waals surface area contributed by atoms with Crippen LogP contribution >= 0.6 is 0 Å². The van der Waals surface area contributed by atoms with Crippen LogP contribution in [0.1, 0.15) is 37.7 Å². The van der Waals surface area contributed by atoms with E-state index in [2.05, 4.69) is 30.3 Å². The van der Waals surface area contributed by atoms with Crippen molar-refractivity contribution < 1.29 is 4.79 Å². The van der Waals surface area contributed by atoms with Crippen LogP contribution in [0.2, 0.25) is 0 Å². The summed E-state index contributed by atoms with van der Waals surface area (Å²) >= 11 is 0. The summed E-state index contributed by atoms with van der Waals surface area (Å²) in [4.78, 5) is 11.6. The molecule has 2 aliphatic rings. The lowest BCUT2D eigenvalue weighted by molar-refractivity contribution is -0.139. The first-order chi connectivity index (χ1) is 7.33. The van der Waals surface area contributed by atoms with Crippen molar-refractivity contribution in [3.63, 3.8) is 0 Å². The molecular weight excluding hydrogens is 184 g/mol. The number of ketones is 1. The molecule has 0 N–H and O–H groups in total. The molecule has 0 unspecified atom stereocenters. The molecule has 2 fully saturated rings. The van der Waals surface area contributed by atoms with Gasteiger partial charge >= 0.3 is 0 Å². The van der Waals surface area contributed by atoms with Crippen molar-refractivity contribution in [1.82, 2.24) is 0 Å². The van der Waals surface area contributed by atoms with E-state index in [1.165, 1.54) is 24.8 Å². The maximum absolute atomic E-state index is 11.6. The van der Waals surface area contributed by atoms with E-state index in [-0.39, 0.29) is 5.41 Å². The van der Waals surface area contributed by atoms with Gasteiger partial charge in [0.1, 0.15) is 5.78 Å². The fraction of sp³-hybridized carbons (Fsp3) is 0.500. The van der Waals surface area contributed by atoms with Gasteiger partial charge < -0.3 is 0 Å². The summed E-state index contributed by atoms with van der Waals surface area (Å²) in [6.45, 7) is 0. The van der Waals surface area contributed by atoms with Crippen LogP contribution in [0.3, 0.4) is 0 Å². The molecule has 15 heavy (non-hydrogen) atoms. The van der Waals surface area contributed by atoms with Gasteiger partial charge in [-0.25, -0.2) is 0 Å². The van der Waals surface area contributed by atoms with E-state index in [1.807, 2.05) is 0 Å². The third kappa shape index (κ3) is 1.19. The summed E-state index contributed by atoms with van der Waals surface area (Å²) in [5.74, 6) is 0.840. The molecule has 78 valence electrons. The lowest BCUT2D eigenvalue weighted by Crippen LogP contribution is -2.53. The zero-order valence-electron chi connectivity index (χ0n) is 8.91.